The Morgan fingerprint density at radius 2 is 1.08 bits per heavy atom. The maximum absolute atomic E-state index is 8.12. The van der Waals surface area contributed by atoms with E-state index in [1.807, 2.05) is 0 Å². The van der Waals surface area contributed by atoms with Crippen LogP contribution in [0.25, 0.3) is 0 Å². The molecular weight excluding hydrogens is 246 g/mol. The van der Waals surface area contributed by atoms with E-state index in [0.717, 1.165) is 0 Å². The molecule has 0 aliphatic rings. The van der Waals surface area contributed by atoms with Crippen molar-refractivity contribution in [1.82, 2.24) is 0 Å². The summed E-state index contributed by atoms with van der Waals surface area (Å²) in [6.07, 6.45) is 0. The minimum absolute atomic E-state index is 0.0367. The highest BCUT2D eigenvalue weighted by Crippen LogP contribution is 1.94. The van der Waals surface area contributed by atoms with Crippen molar-refractivity contribution in [3.8, 4) is 0 Å². The number of aliphatic hydroxyl groups excluding tert-OH is 2. The van der Waals surface area contributed by atoms with Crippen molar-refractivity contribution in [3.05, 3.63) is 0 Å². The van der Waals surface area contributed by atoms with Crippen molar-refractivity contribution < 1.29 is 10.2 Å². The van der Waals surface area contributed by atoms with Crippen LogP contribution >= 0.6 is 46.4 Å². The van der Waals surface area contributed by atoms with Crippen LogP contribution in [0.2, 0.25) is 0 Å². The summed E-state index contributed by atoms with van der Waals surface area (Å²) in [5, 5.41) is 15.7. The summed E-state index contributed by atoms with van der Waals surface area (Å²) in [5.41, 5.74) is 0. The SMILES string of the molecule is OCC(Cl)CCl.OCC(Cl)CCl. The molecule has 2 atom stereocenters. The molecule has 0 bridgehead atoms. The van der Waals surface area contributed by atoms with E-state index < -0.39 is 0 Å². The van der Waals surface area contributed by atoms with Gasteiger partial charge in [-0.15, -0.1) is 46.4 Å². The molecule has 6 heteroatoms. The molecular formula is C6H12Cl4O2. The largest absolute Gasteiger partial charge is 0.395 e. The fourth-order valence-electron chi connectivity index (χ4n) is 0.0976. The number of halogens is 4. The van der Waals surface area contributed by atoms with Gasteiger partial charge in [0.25, 0.3) is 0 Å². The molecule has 0 spiro atoms. The van der Waals surface area contributed by atoms with E-state index in [1.54, 1.807) is 0 Å². The lowest BCUT2D eigenvalue weighted by molar-refractivity contribution is 0.298. The van der Waals surface area contributed by atoms with Gasteiger partial charge in [0.2, 0.25) is 0 Å². The van der Waals surface area contributed by atoms with Crippen LogP contribution in [0.1, 0.15) is 0 Å². The van der Waals surface area contributed by atoms with E-state index in [-0.39, 0.29) is 24.0 Å². The normalized spacial score (nSPS) is 14.5. The zero-order chi connectivity index (χ0) is 9.98. The first-order chi connectivity index (χ1) is 5.62. The second-order valence-corrected chi connectivity index (χ2v) is 3.72. The van der Waals surface area contributed by atoms with Gasteiger partial charge in [-0.05, 0) is 0 Å². The molecule has 2 N–H and O–H groups in total. The van der Waals surface area contributed by atoms with Crippen molar-refractivity contribution in [3.63, 3.8) is 0 Å². The van der Waals surface area contributed by atoms with E-state index in [2.05, 4.69) is 0 Å². The first kappa shape index (κ1) is 15.5. The molecule has 0 radical (unpaired) electrons. The Bertz CT molecular complexity index is 65.9. The van der Waals surface area contributed by atoms with Crippen molar-refractivity contribution in [2.24, 2.45) is 0 Å². The molecule has 0 amide bonds. The highest BCUT2D eigenvalue weighted by Gasteiger charge is 1.95. The third-order valence-electron chi connectivity index (χ3n) is 0.731. The second kappa shape index (κ2) is 12.1. The van der Waals surface area contributed by atoms with E-state index in [1.165, 1.54) is 0 Å². The molecule has 0 aliphatic carbocycles. The van der Waals surface area contributed by atoms with Crippen LogP contribution in [0.15, 0.2) is 0 Å². The number of hydrogen-bond acceptors (Lipinski definition) is 2. The summed E-state index contributed by atoms with van der Waals surface area (Å²) in [7, 11) is 0. The van der Waals surface area contributed by atoms with Crippen LogP contribution in [-0.4, -0.2) is 45.9 Å². The minimum atomic E-state index is -0.272. The van der Waals surface area contributed by atoms with E-state index in [9.17, 15) is 0 Å². The van der Waals surface area contributed by atoms with Gasteiger partial charge in [0.1, 0.15) is 0 Å². The molecule has 2 nitrogen and oxygen atoms in total. The van der Waals surface area contributed by atoms with Gasteiger partial charge in [-0.2, -0.15) is 0 Å². The summed E-state index contributed by atoms with van der Waals surface area (Å²) >= 11 is 20.9. The summed E-state index contributed by atoms with van der Waals surface area (Å²) in [6.45, 7) is -0.0733. The highest BCUT2D eigenvalue weighted by atomic mass is 35.5. The molecule has 12 heavy (non-hydrogen) atoms. The summed E-state index contributed by atoms with van der Waals surface area (Å²) < 4.78 is 0. The molecule has 0 heterocycles. The van der Waals surface area contributed by atoms with Crippen molar-refractivity contribution in [2.45, 2.75) is 10.8 Å². The summed E-state index contributed by atoms with van der Waals surface area (Å²) in [6, 6.07) is 0. The number of alkyl halides is 4. The van der Waals surface area contributed by atoms with Gasteiger partial charge < -0.3 is 10.2 Å². The van der Waals surface area contributed by atoms with Crippen molar-refractivity contribution >= 4 is 46.4 Å². The topological polar surface area (TPSA) is 40.5 Å². The zero-order valence-corrected chi connectivity index (χ0v) is 9.41. The van der Waals surface area contributed by atoms with E-state index in [0.29, 0.717) is 11.8 Å². The Labute approximate surface area is 92.4 Å². The predicted octanol–water partition coefficient (Wildman–Crippen LogP) is 1.65. The molecule has 0 fully saturated rings. The predicted molar refractivity (Wildman–Crippen MR) is 54.9 cm³/mol. The molecule has 0 saturated heterocycles. The molecule has 0 aliphatic heterocycles. The fraction of sp³-hybridized carbons (Fsp3) is 1.00. The van der Waals surface area contributed by atoms with Crippen LogP contribution in [0.4, 0.5) is 0 Å². The Balaban J connectivity index is 0. The van der Waals surface area contributed by atoms with Gasteiger partial charge in [0.05, 0.1) is 24.0 Å². The van der Waals surface area contributed by atoms with E-state index >= 15 is 0 Å². The smallest absolute Gasteiger partial charge is 0.0702 e. The Kier molecular flexibility index (Phi) is 15.7. The lowest BCUT2D eigenvalue weighted by Gasteiger charge is -1.93. The molecule has 0 aromatic rings. The summed E-state index contributed by atoms with van der Waals surface area (Å²) in [5.74, 6) is 0.635. The molecule has 0 saturated carbocycles. The Hall–Kier alpha value is 1.08. The van der Waals surface area contributed by atoms with Gasteiger partial charge >= 0.3 is 0 Å². The molecule has 0 aromatic carbocycles. The average Bonchev–Trinajstić information content (AvgIpc) is 2.16. The van der Waals surface area contributed by atoms with Gasteiger partial charge in [-0.3, -0.25) is 0 Å². The van der Waals surface area contributed by atoms with Crippen LogP contribution < -0.4 is 0 Å². The Morgan fingerprint density at radius 3 is 1.08 bits per heavy atom. The monoisotopic (exact) mass is 256 g/mol. The molecule has 2 unspecified atom stereocenters. The first-order valence-electron chi connectivity index (χ1n) is 3.24. The highest BCUT2D eigenvalue weighted by molar-refractivity contribution is 6.28. The van der Waals surface area contributed by atoms with Gasteiger partial charge in [-0.1, -0.05) is 0 Å². The molecule has 0 rings (SSSR count). The maximum Gasteiger partial charge on any atom is 0.0702 e. The second-order valence-electron chi connectivity index (χ2n) is 1.87. The number of rotatable bonds is 4. The lowest BCUT2D eigenvalue weighted by atomic mass is 10.5. The van der Waals surface area contributed by atoms with Crippen LogP contribution in [0.5, 0.6) is 0 Å². The average molecular weight is 258 g/mol. The Morgan fingerprint density at radius 1 is 0.833 bits per heavy atom. The summed E-state index contributed by atoms with van der Waals surface area (Å²) in [4.78, 5) is 0. The van der Waals surface area contributed by atoms with Crippen LogP contribution in [-0.2, 0) is 0 Å². The van der Waals surface area contributed by atoms with Gasteiger partial charge in [0, 0.05) is 11.8 Å². The van der Waals surface area contributed by atoms with Gasteiger partial charge in [-0.25, -0.2) is 0 Å². The standard InChI is InChI=1S/2C3H6Cl2O/c2*4-1-3(5)2-6/h2*3,6H,1-2H2. The van der Waals surface area contributed by atoms with E-state index in [4.69, 9.17) is 56.6 Å². The lowest BCUT2D eigenvalue weighted by Crippen LogP contribution is -2.04. The van der Waals surface area contributed by atoms with Crippen LogP contribution in [0, 0.1) is 0 Å². The van der Waals surface area contributed by atoms with Crippen molar-refractivity contribution in [2.75, 3.05) is 25.0 Å². The van der Waals surface area contributed by atoms with Crippen molar-refractivity contribution in [1.29, 1.82) is 0 Å². The number of aliphatic hydroxyl groups is 2. The maximum atomic E-state index is 8.12. The molecule has 0 aromatic heterocycles. The third kappa shape index (κ3) is 13.7. The fourth-order valence-corrected chi connectivity index (χ4v) is 0.293. The first-order valence-corrected chi connectivity index (χ1v) is 5.18. The van der Waals surface area contributed by atoms with Gasteiger partial charge in [0.15, 0.2) is 0 Å². The zero-order valence-electron chi connectivity index (χ0n) is 6.39. The quantitative estimate of drug-likeness (QED) is 0.752. The minimum Gasteiger partial charge on any atom is -0.395 e. The van der Waals surface area contributed by atoms with Crippen LogP contribution in [0.3, 0.4) is 0 Å². The third-order valence-corrected chi connectivity index (χ3v) is 2.38. The number of hydrogen-bond donors (Lipinski definition) is 2. The molecule has 76 valence electrons.